The standard InChI is InChI=1S/C10H14BrNOS/c11-10-4-3-9(14-10)6-13-8-2-1-7(12)5-8/h3-4,7-8H,1-2,5-6,12H2. The molecule has 0 spiro atoms. The van der Waals surface area contributed by atoms with Crippen LogP contribution in [0.4, 0.5) is 0 Å². The van der Waals surface area contributed by atoms with E-state index in [1.807, 2.05) is 0 Å². The highest BCUT2D eigenvalue weighted by Crippen LogP contribution is 2.25. The molecule has 4 heteroatoms. The van der Waals surface area contributed by atoms with E-state index in [0.717, 1.165) is 25.9 Å². The summed E-state index contributed by atoms with van der Waals surface area (Å²) in [5, 5.41) is 0. The summed E-state index contributed by atoms with van der Waals surface area (Å²) in [6, 6.07) is 4.52. The highest BCUT2D eigenvalue weighted by atomic mass is 79.9. The Bertz CT molecular complexity index is 302. The molecule has 0 radical (unpaired) electrons. The Morgan fingerprint density at radius 1 is 1.50 bits per heavy atom. The molecule has 2 rings (SSSR count). The molecule has 78 valence electrons. The summed E-state index contributed by atoms with van der Waals surface area (Å²) in [6.07, 6.45) is 3.63. The minimum Gasteiger partial charge on any atom is -0.373 e. The second kappa shape index (κ2) is 4.75. The quantitative estimate of drug-likeness (QED) is 0.921. The Morgan fingerprint density at radius 2 is 2.36 bits per heavy atom. The summed E-state index contributed by atoms with van der Waals surface area (Å²) >= 11 is 5.17. The van der Waals surface area contributed by atoms with Crippen molar-refractivity contribution >= 4 is 27.3 Å². The molecular weight excluding hydrogens is 262 g/mol. The SMILES string of the molecule is NC1CCC(OCc2ccc(Br)s2)C1. The third-order valence-corrected chi connectivity index (χ3v) is 4.11. The first-order chi connectivity index (χ1) is 6.74. The van der Waals surface area contributed by atoms with Gasteiger partial charge in [-0.3, -0.25) is 0 Å². The van der Waals surface area contributed by atoms with E-state index in [1.165, 1.54) is 8.66 Å². The normalized spacial score (nSPS) is 27.0. The van der Waals surface area contributed by atoms with Gasteiger partial charge in [0.05, 0.1) is 16.5 Å². The second-order valence-corrected chi connectivity index (χ2v) is 6.26. The highest BCUT2D eigenvalue weighted by molar-refractivity contribution is 9.11. The molecule has 2 atom stereocenters. The molecule has 1 fully saturated rings. The minimum absolute atomic E-state index is 0.357. The number of halogens is 1. The lowest BCUT2D eigenvalue weighted by molar-refractivity contribution is 0.0464. The summed E-state index contributed by atoms with van der Waals surface area (Å²) < 4.78 is 6.95. The summed E-state index contributed by atoms with van der Waals surface area (Å²) in [5.74, 6) is 0. The molecule has 1 aromatic heterocycles. The summed E-state index contributed by atoms with van der Waals surface area (Å²) in [4.78, 5) is 1.28. The molecule has 0 bridgehead atoms. The lowest BCUT2D eigenvalue weighted by Crippen LogP contribution is -2.17. The van der Waals surface area contributed by atoms with Crippen LogP contribution in [0.3, 0.4) is 0 Å². The Labute approximate surface area is 96.6 Å². The van der Waals surface area contributed by atoms with Crippen molar-refractivity contribution in [3.8, 4) is 0 Å². The van der Waals surface area contributed by atoms with Gasteiger partial charge in [-0.1, -0.05) is 0 Å². The first kappa shape index (κ1) is 10.6. The highest BCUT2D eigenvalue weighted by Gasteiger charge is 2.22. The van der Waals surface area contributed by atoms with Crippen molar-refractivity contribution < 1.29 is 4.74 Å². The molecule has 1 heterocycles. The van der Waals surface area contributed by atoms with Gasteiger partial charge in [0.1, 0.15) is 0 Å². The Hall–Kier alpha value is 0.1000. The van der Waals surface area contributed by atoms with Crippen LogP contribution in [0, 0.1) is 0 Å². The maximum atomic E-state index is 5.81. The number of thiophene rings is 1. The van der Waals surface area contributed by atoms with E-state index < -0.39 is 0 Å². The van der Waals surface area contributed by atoms with E-state index in [1.54, 1.807) is 11.3 Å². The zero-order chi connectivity index (χ0) is 9.97. The van der Waals surface area contributed by atoms with Crippen molar-refractivity contribution in [1.82, 2.24) is 0 Å². The first-order valence-electron chi connectivity index (χ1n) is 4.85. The van der Waals surface area contributed by atoms with Crippen LogP contribution < -0.4 is 5.73 Å². The van der Waals surface area contributed by atoms with Gasteiger partial charge in [0.25, 0.3) is 0 Å². The first-order valence-corrected chi connectivity index (χ1v) is 6.46. The van der Waals surface area contributed by atoms with Gasteiger partial charge in [-0.25, -0.2) is 0 Å². The van der Waals surface area contributed by atoms with Crippen molar-refractivity contribution in [3.05, 3.63) is 20.8 Å². The molecule has 1 aromatic rings. The van der Waals surface area contributed by atoms with Gasteiger partial charge >= 0.3 is 0 Å². The second-order valence-electron chi connectivity index (χ2n) is 3.71. The summed E-state index contributed by atoms with van der Waals surface area (Å²) in [5.41, 5.74) is 5.81. The zero-order valence-electron chi connectivity index (χ0n) is 7.91. The van der Waals surface area contributed by atoms with Crippen molar-refractivity contribution in [1.29, 1.82) is 0 Å². The largest absolute Gasteiger partial charge is 0.373 e. The van der Waals surface area contributed by atoms with Gasteiger partial charge in [-0.2, -0.15) is 0 Å². The van der Waals surface area contributed by atoms with E-state index in [2.05, 4.69) is 28.1 Å². The molecule has 1 saturated carbocycles. The number of ether oxygens (including phenoxy) is 1. The van der Waals surface area contributed by atoms with Crippen molar-refractivity contribution in [3.63, 3.8) is 0 Å². The average Bonchev–Trinajstić information content (AvgIpc) is 2.72. The van der Waals surface area contributed by atoms with Gasteiger partial charge in [0.15, 0.2) is 0 Å². The molecule has 0 aromatic carbocycles. The molecule has 0 aliphatic heterocycles. The molecule has 1 aliphatic carbocycles. The van der Waals surface area contributed by atoms with Crippen LogP contribution in [0.25, 0.3) is 0 Å². The number of nitrogens with two attached hydrogens (primary N) is 1. The lowest BCUT2D eigenvalue weighted by atomic mass is 10.3. The maximum absolute atomic E-state index is 5.81. The molecule has 0 saturated heterocycles. The van der Waals surface area contributed by atoms with Crippen LogP contribution in [0.15, 0.2) is 15.9 Å². The fourth-order valence-electron chi connectivity index (χ4n) is 1.75. The molecular formula is C10H14BrNOS. The topological polar surface area (TPSA) is 35.2 Å². The van der Waals surface area contributed by atoms with Crippen LogP contribution in [0.1, 0.15) is 24.1 Å². The summed E-state index contributed by atoms with van der Waals surface area (Å²) in [6.45, 7) is 0.730. The predicted octanol–water partition coefficient (Wildman–Crippen LogP) is 2.91. The molecule has 0 amide bonds. The predicted molar refractivity (Wildman–Crippen MR) is 62.4 cm³/mol. The molecule has 14 heavy (non-hydrogen) atoms. The fraction of sp³-hybridized carbons (Fsp3) is 0.600. The van der Waals surface area contributed by atoms with E-state index in [4.69, 9.17) is 10.5 Å². The number of hydrogen-bond acceptors (Lipinski definition) is 3. The molecule has 1 aliphatic rings. The van der Waals surface area contributed by atoms with Gasteiger partial charge in [-0.05, 0) is 47.3 Å². The van der Waals surface area contributed by atoms with Crippen LogP contribution in [0.2, 0.25) is 0 Å². The number of hydrogen-bond donors (Lipinski definition) is 1. The Kier molecular flexibility index (Phi) is 3.60. The van der Waals surface area contributed by atoms with Crippen LogP contribution in [0.5, 0.6) is 0 Å². The van der Waals surface area contributed by atoms with Crippen molar-refractivity contribution in [2.45, 2.75) is 38.0 Å². The van der Waals surface area contributed by atoms with Gasteiger partial charge < -0.3 is 10.5 Å². The van der Waals surface area contributed by atoms with Crippen LogP contribution >= 0.6 is 27.3 Å². The third-order valence-electron chi connectivity index (χ3n) is 2.52. The van der Waals surface area contributed by atoms with E-state index >= 15 is 0 Å². The minimum atomic E-state index is 0.357. The average molecular weight is 276 g/mol. The molecule has 2 unspecified atom stereocenters. The number of rotatable bonds is 3. The van der Waals surface area contributed by atoms with Crippen molar-refractivity contribution in [2.24, 2.45) is 5.73 Å². The van der Waals surface area contributed by atoms with Crippen LogP contribution in [-0.4, -0.2) is 12.1 Å². The lowest BCUT2D eigenvalue weighted by Gasteiger charge is -2.09. The Balaban J connectivity index is 1.77. The van der Waals surface area contributed by atoms with Gasteiger partial charge in [0.2, 0.25) is 0 Å². The molecule has 2 nitrogen and oxygen atoms in total. The molecule has 2 N–H and O–H groups in total. The van der Waals surface area contributed by atoms with Gasteiger partial charge in [0, 0.05) is 10.9 Å². The summed E-state index contributed by atoms with van der Waals surface area (Å²) in [7, 11) is 0. The smallest absolute Gasteiger partial charge is 0.0813 e. The van der Waals surface area contributed by atoms with Crippen molar-refractivity contribution in [2.75, 3.05) is 0 Å². The van der Waals surface area contributed by atoms with E-state index in [0.29, 0.717) is 12.1 Å². The van der Waals surface area contributed by atoms with Crippen LogP contribution in [-0.2, 0) is 11.3 Å². The monoisotopic (exact) mass is 275 g/mol. The van der Waals surface area contributed by atoms with E-state index in [-0.39, 0.29) is 0 Å². The third kappa shape index (κ3) is 2.79. The van der Waals surface area contributed by atoms with Gasteiger partial charge in [-0.15, -0.1) is 11.3 Å². The maximum Gasteiger partial charge on any atom is 0.0813 e. The Morgan fingerprint density at radius 3 is 2.93 bits per heavy atom. The fourth-order valence-corrected chi connectivity index (χ4v) is 3.16. The van der Waals surface area contributed by atoms with E-state index in [9.17, 15) is 0 Å². The zero-order valence-corrected chi connectivity index (χ0v) is 10.3.